The van der Waals surface area contributed by atoms with Gasteiger partial charge in [-0.1, -0.05) is 0 Å². The van der Waals surface area contributed by atoms with Crippen LogP contribution in [-0.4, -0.2) is 38.9 Å². The van der Waals surface area contributed by atoms with E-state index < -0.39 is 0 Å². The molecule has 5 heterocycles. The summed E-state index contributed by atoms with van der Waals surface area (Å²) in [6.45, 7) is 2.60. The number of carbonyl (C=O) groups excluding carboxylic acids is 1. The van der Waals surface area contributed by atoms with E-state index in [9.17, 15) is 4.79 Å². The molecule has 2 aromatic heterocycles. The van der Waals surface area contributed by atoms with Crippen molar-refractivity contribution in [3.05, 3.63) is 47.3 Å². The minimum absolute atomic E-state index is 0.00665. The van der Waals surface area contributed by atoms with E-state index in [0.717, 1.165) is 52.1 Å². The number of piperidine rings is 1. The van der Waals surface area contributed by atoms with E-state index in [1.807, 2.05) is 24.0 Å². The van der Waals surface area contributed by atoms with Crippen LogP contribution >= 0.6 is 0 Å². The number of hydrogen-bond donors (Lipinski definition) is 1. The number of ether oxygens (including phenoxy) is 1. The minimum atomic E-state index is -0.00665. The van der Waals surface area contributed by atoms with Crippen molar-refractivity contribution in [2.45, 2.75) is 57.3 Å². The Morgan fingerprint density at radius 2 is 1.97 bits per heavy atom. The molecule has 2 atom stereocenters. The first kappa shape index (κ1) is 17.7. The van der Waals surface area contributed by atoms with E-state index >= 15 is 0 Å². The molecule has 3 aliphatic rings. The number of benzene rings is 1. The maximum absolute atomic E-state index is 12.0. The number of amides is 1. The van der Waals surface area contributed by atoms with E-state index in [1.54, 1.807) is 0 Å². The Kier molecular flexibility index (Phi) is 3.82. The summed E-state index contributed by atoms with van der Waals surface area (Å²) < 4.78 is 8.30. The monoisotopic (exact) mass is 403 g/mol. The molecule has 1 N–H and O–H groups in total. The quantitative estimate of drug-likeness (QED) is 0.728. The van der Waals surface area contributed by atoms with Gasteiger partial charge in [0.2, 0.25) is 0 Å². The van der Waals surface area contributed by atoms with E-state index in [0.29, 0.717) is 18.6 Å². The van der Waals surface area contributed by atoms with Gasteiger partial charge < -0.3 is 15.0 Å². The predicted molar refractivity (Wildman–Crippen MR) is 114 cm³/mol. The molecule has 3 aromatic rings. The van der Waals surface area contributed by atoms with Gasteiger partial charge in [0, 0.05) is 37.4 Å². The van der Waals surface area contributed by atoms with Crippen molar-refractivity contribution in [3.8, 4) is 5.75 Å². The molecule has 2 bridgehead atoms. The number of rotatable bonds is 3. The molecule has 0 spiro atoms. The molecule has 3 aliphatic heterocycles. The molecule has 30 heavy (non-hydrogen) atoms. The van der Waals surface area contributed by atoms with Crippen LogP contribution in [-0.2, 0) is 13.6 Å². The molecule has 6 rings (SSSR count). The summed E-state index contributed by atoms with van der Waals surface area (Å²) >= 11 is 0. The molecular formula is C23H25N5O2. The highest BCUT2D eigenvalue weighted by molar-refractivity contribution is 5.98. The fourth-order valence-corrected chi connectivity index (χ4v) is 5.47. The van der Waals surface area contributed by atoms with Crippen molar-refractivity contribution in [1.29, 1.82) is 0 Å². The zero-order valence-electron chi connectivity index (χ0n) is 17.3. The normalized spacial score (nSPS) is 24.9. The Bertz CT molecular complexity index is 1160. The Morgan fingerprint density at radius 3 is 2.77 bits per heavy atom. The second-order valence-corrected chi connectivity index (χ2v) is 8.80. The van der Waals surface area contributed by atoms with Crippen LogP contribution in [0.3, 0.4) is 0 Å². The number of hydrogen-bond acceptors (Lipinski definition) is 5. The minimum Gasteiger partial charge on any atom is -0.490 e. The van der Waals surface area contributed by atoms with Crippen LogP contribution in [0.1, 0.15) is 47.3 Å². The average Bonchev–Trinajstić information content (AvgIpc) is 3.36. The standard InChI is InChI=1S/C23H25N5O2/c1-13-7-19-20(12-24-23(19)29)26-22(13)28-15-3-4-16(28)10-18(9-15)30-17-5-6-21-14(8-17)11-25-27(21)2/h5-8,11,15-16,18H,3-4,9-10,12H2,1-2H3,(H,24,29). The van der Waals surface area contributed by atoms with E-state index in [4.69, 9.17) is 9.72 Å². The number of nitrogens with one attached hydrogen (secondary N) is 1. The summed E-state index contributed by atoms with van der Waals surface area (Å²) in [7, 11) is 1.96. The van der Waals surface area contributed by atoms with E-state index in [2.05, 4.69) is 40.4 Å². The maximum Gasteiger partial charge on any atom is 0.253 e. The summed E-state index contributed by atoms with van der Waals surface area (Å²) in [4.78, 5) is 19.4. The van der Waals surface area contributed by atoms with Gasteiger partial charge in [-0.25, -0.2) is 4.98 Å². The van der Waals surface area contributed by atoms with Gasteiger partial charge in [-0.2, -0.15) is 5.10 Å². The Morgan fingerprint density at radius 1 is 1.17 bits per heavy atom. The number of aromatic nitrogens is 3. The molecule has 7 nitrogen and oxygen atoms in total. The summed E-state index contributed by atoms with van der Waals surface area (Å²) in [5, 5.41) is 8.31. The number of pyridine rings is 1. The molecule has 0 aliphatic carbocycles. The molecule has 1 aromatic carbocycles. The number of fused-ring (bicyclic) bond motifs is 4. The number of aryl methyl sites for hydroxylation is 2. The largest absolute Gasteiger partial charge is 0.490 e. The first-order chi connectivity index (χ1) is 14.6. The van der Waals surface area contributed by atoms with Gasteiger partial charge in [-0.05, 0) is 49.6 Å². The Balaban J connectivity index is 1.23. The molecule has 154 valence electrons. The summed E-state index contributed by atoms with van der Waals surface area (Å²) in [5.41, 5.74) is 3.81. The molecular weight excluding hydrogens is 378 g/mol. The molecule has 0 saturated carbocycles. The zero-order chi connectivity index (χ0) is 20.4. The number of nitrogens with zero attached hydrogens (tertiary/aromatic N) is 4. The van der Waals surface area contributed by atoms with Gasteiger partial charge >= 0.3 is 0 Å². The fraction of sp³-hybridized carbons (Fsp3) is 0.435. The zero-order valence-corrected chi connectivity index (χ0v) is 17.3. The number of anilines is 1. The first-order valence-electron chi connectivity index (χ1n) is 10.7. The van der Waals surface area contributed by atoms with Gasteiger partial charge in [0.25, 0.3) is 5.91 Å². The molecule has 0 radical (unpaired) electrons. The van der Waals surface area contributed by atoms with Crippen LogP contribution in [0.25, 0.3) is 10.9 Å². The van der Waals surface area contributed by atoms with Crippen molar-refractivity contribution in [2.75, 3.05) is 4.90 Å². The van der Waals surface area contributed by atoms with Crippen LogP contribution in [0.5, 0.6) is 5.75 Å². The Hall–Kier alpha value is -3.09. The third kappa shape index (κ3) is 2.68. The maximum atomic E-state index is 12.0. The van der Waals surface area contributed by atoms with Crippen molar-refractivity contribution in [2.24, 2.45) is 7.05 Å². The van der Waals surface area contributed by atoms with Gasteiger partial charge in [0.05, 0.1) is 29.5 Å². The smallest absolute Gasteiger partial charge is 0.253 e. The van der Waals surface area contributed by atoms with Crippen molar-refractivity contribution >= 4 is 22.6 Å². The van der Waals surface area contributed by atoms with Crippen molar-refractivity contribution < 1.29 is 9.53 Å². The highest BCUT2D eigenvalue weighted by atomic mass is 16.5. The van der Waals surface area contributed by atoms with Gasteiger partial charge in [-0.3, -0.25) is 9.48 Å². The average molecular weight is 403 g/mol. The predicted octanol–water partition coefficient (Wildman–Crippen LogP) is 3.10. The van der Waals surface area contributed by atoms with Crippen LogP contribution in [0, 0.1) is 6.92 Å². The molecule has 7 heteroatoms. The lowest BCUT2D eigenvalue weighted by molar-refractivity contribution is 0.0965. The van der Waals surface area contributed by atoms with Crippen LogP contribution < -0.4 is 15.0 Å². The van der Waals surface area contributed by atoms with E-state index in [1.165, 1.54) is 12.8 Å². The van der Waals surface area contributed by atoms with Gasteiger partial charge in [0.15, 0.2) is 0 Å². The summed E-state index contributed by atoms with van der Waals surface area (Å²) in [5.74, 6) is 1.96. The third-order valence-electron chi connectivity index (χ3n) is 6.88. The van der Waals surface area contributed by atoms with Crippen LogP contribution in [0.15, 0.2) is 30.5 Å². The lowest BCUT2D eigenvalue weighted by atomic mass is 9.98. The second kappa shape index (κ2) is 6.45. The van der Waals surface area contributed by atoms with Crippen molar-refractivity contribution in [3.63, 3.8) is 0 Å². The topological polar surface area (TPSA) is 72.3 Å². The summed E-state index contributed by atoms with van der Waals surface area (Å²) in [6, 6.07) is 9.09. The molecule has 2 saturated heterocycles. The Labute approximate surface area is 175 Å². The lowest BCUT2D eigenvalue weighted by Crippen LogP contribution is -2.47. The number of carbonyl (C=O) groups is 1. The van der Waals surface area contributed by atoms with Crippen molar-refractivity contribution in [1.82, 2.24) is 20.1 Å². The van der Waals surface area contributed by atoms with Crippen LogP contribution in [0.2, 0.25) is 0 Å². The van der Waals surface area contributed by atoms with Crippen LogP contribution in [0.4, 0.5) is 5.82 Å². The SMILES string of the molecule is Cc1cc2c(nc1N1C3CCC1CC(Oc1ccc4c(cnn4C)c1)C3)CNC2=O. The fourth-order valence-electron chi connectivity index (χ4n) is 5.47. The third-order valence-corrected chi connectivity index (χ3v) is 6.88. The molecule has 2 fully saturated rings. The molecule has 1 amide bonds. The second-order valence-electron chi connectivity index (χ2n) is 8.80. The first-order valence-corrected chi connectivity index (χ1v) is 10.7. The van der Waals surface area contributed by atoms with E-state index in [-0.39, 0.29) is 12.0 Å². The highest BCUT2D eigenvalue weighted by Gasteiger charge is 2.43. The van der Waals surface area contributed by atoms with Gasteiger partial charge in [-0.15, -0.1) is 0 Å². The molecule has 2 unspecified atom stereocenters. The highest BCUT2D eigenvalue weighted by Crippen LogP contribution is 2.41. The lowest BCUT2D eigenvalue weighted by Gasteiger charge is -2.40. The van der Waals surface area contributed by atoms with Gasteiger partial charge in [0.1, 0.15) is 17.7 Å². The summed E-state index contributed by atoms with van der Waals surface area (Å²) in [6.07, 6.45) is 6.43.